The highest BCUT2D eigenvalue weighted by Gasteiger charge is 2.14. The van der Waals surface area contributed by atoms with Crippen LogP contribution in [0.15, 0.2) is 0 Å². The Morgan fingerprint density at radius 3 is 2.38 bits per heavy atom. The molecule has 1 N–H and O–H groups in total. The molecular formula is C7H17ClN2O2S. The molecule has 0 aromatic rings. The molecule has 13 heavy (non-hydrogen) atoms. The van der Waals surface area contributed by atoms with E-state index in [0.717, 1.165) is 17.1 Å². The highest BCUT2D eigenvalue weighted by molar-refractivity contribution is 7.87. The SMILES string of the molecule is CCCC(Cl)CNS(=O)(=O)N(C)C. The average molecular weight is 229 g/mol. The fraction of sp³-hybridized carbons (Fsp3) is 1.00. The van der Waals surface area contributed by atoms with Crippen LogP contribution in [-0.4, -0.2) is 38.7 Å². The van der Waals surface area contributed by atoms with Crippen molar-refractivity contribution in [1.82, 2.24) is 9.03 Å². The first kappa shape index (κ1) is 13.2. The molecule has 0 amide bonds. The van der Waals surface area contributed by atoms with Gasteiger partial charge in [-0.15, -0.1) is 11.6 Å². The summed E-state index contributed by atoms with van der Waals surface area (Å²) in [7, 11) is -0.358. The second-order valence-corrected chi connectivity index (χ2v) is 5.61. The summed E-state index contributed by atoms with van der Waals surface area (Å²) in [4.78, 5) is 0. The number of nitrogens with one attached hydrogen (secondary N) is 1. The van der Waals surface area contributed by atoms with Crippen LogP contribution in [0.25, 0.3) is 0 Å². The van der Waals surface area contributed by atoms with Gasteiger partial charge in [0.15, 0.2) is 0 Å². The molecule has 0 aromatic heterocycles. The zero-order valence-electron chi connectivity index (χ0n) is 8.25. The molecule has 0 aliphatic rings. The highest BCUT2D eigenvalue weighted by Crippen LogP contribution is 2.03. The van der Waals surface area contributed by atoms with E-state index in [2.05, 4.69) is 4.72 Å². The molecule has 0 saturated heterocycles. The molecule has 0 spiro atoms. The molecule has 1 unspecified atom stereocenters. The third kappa shape index (κ3) is 5.46. The Labute approximate surface area is 85.4 Å². The van der Waals surface area contributed by atoms with Crippen LogP contribution < -0.4 is 4.72 Å². The fourth-order valence-corrected chi connectivity index (χ4v) is 1.80. The molecular weight excluding hydrogens is 212 g/mol. The van der Waals surface area contributed by atoms with E-state index < -0.39 is 10.2 Å². The molecule has 0 fully saturated rings. The van der Waals surface area contributed by atoms with Gasteiger partial charge in [0.2, 0.25) is 0 Å². The van der Waals surface area contributed by atoms with Crippen molar-refractivity contribution in [3.8, 4) is 0 Å². The Balaban J connectivity index is 3.89. The molecule has 4 nitrogen and oxygen atoms in total. The third-order valence-electron chi connectivity index (χ3n) is 1.57. The maximum atomic E-state index is 11.2. The summed E-state index contributed by atoms with van der Waals surface area (Å²) < 4.78 is 25.9. The summed E-state index contributed by atoms with van der Waals surface area (Å²) in [6.07, 6.45) is 1.77. The molecule has 0 heterocycles. The van der Waals surface area contributed by atoms with Crippen LogP contribution in [0.5, 0.6) is 0 Å². The van der Waals surface area contributed by atoms with Crippen LogP contribution in [0.2, 0.25) is 0 Å². The van der Waals surface area contributed by atoms with Gasteiger partial charge in [-0.3, -0.25) is 0 Å². The third-order valence-corrected chi connectivity index (χ3v) is 3.44. The molecule has 0 radical (unpaired) electrons. The van der Waals surface area contributed by atoms with Crippen LogP contribution in [0.4, 0.5) is 0 Å². The van der Waals surface area contributed by atoms with Gasteiger partial charge in [-0.25, -0.2) is 4.72 Å². The Kier molecular flexibility index (Phi) is 5.87. The number of alkyl halides is 1. The van der Waals surface area contributed by atoms with Crippen molar-refractivity contribution in [3.63, 3.8) is 0 Å². The number of hydrogen-bond acceptors (Lipinski definition) is 2. The molecule has 0 aliphatic heterocycles. The maximum Gasteiger partial charge on any atom is 0.278 e. The normalized spacial score (nSPS) is 14.8. The largest absolute Gasteiger partial charge is 0.278 e. The second kappa shape index (κ2) is 5.80. The first-order chi connectivity index (χ1) is 5.90. The minimum atomic E-state index is -3.31. The van der Waals surface area contributed by atoms with Gasteiger partial charge >= 0.3 is 0 Å². The molecule has 0 rings (SSSR count). The number of nitrogens with zero attached hydrogens (tertiary/aromatic N) is 1. The first-order valence-corrected chi connectivity index (χ1v) is 6.09. The van der Waals surface area contributed by atoms with E-state index in [9.17, 15) is 8.42 Å². The van der Waals surface area contributed by atoms with Gasteiger partial charge in [0, 0.05) is 26.0 Å². The average Bonchev–Trinajstić information content (AvgIpc) is 2.01. The summed E-state index contributed by atoms with van der Waals surface area (Å²) in [5.74, 6) is 0. The maximum absolute atomic E-state index is 11.2. The van der Waals surface area contributed by atoms with E-state index in [0.29, 0.717) is 0 Å². The van der Waals surface area contributed by atoms with Crippen LogP contribution in [-0.2, 0) is 10.2 Å². The minimum Gasteiger partial charge on any atom is -0.201 e. The van der Waals surface area contributed by atoms with Crippen molar-refractivity contribution in [2.45, 2.75) is 25.1 Å². The van der Waals surface area contributed by atoms with Gasteiger partial charge in [0.05, 0.1) is 0 Å². The zero-order valence-corrected chi connectivity index (χ0v) is 9.82. The smallest absolute Gasteiger partial charge is 0.201 e. The summed E-state index contributed by atoms with van der Waals surface area (Å²) in [5.41, 5.74) is 0. The van der Waals surface area contributed by atoms with Crippen molar-refractivity contribution in [2.75, 3.05) is 20.6 Å². The standard InChI is InChI=1S/C7H17ClN2O2S/c1-4-5-7(8)6-9-13(11,12)10(2)3/h7,9H,4-6H2,1-3H3. The number of hydrogen-bond donors (Lipinski definition) is 1. The van der Waals surface area contributed by atoms with E-state index in [1.165, 1.54) is 14.1 Å². The molecule has 1 atom stereocenters. The van der Waals surface area contributed by atoms with Crippen molar-refractivity contribution >= 4 is 21.8 Å². The lowest BCUT2D eigenvalue weighted by atomic mass is 10.2. The fourth-order valence-electron chi connectivity index (χ4n) is 0.740. The van der Waals surface area contributed by atoms with Crippen molar-refractivity contribution in [2.24, 2.45) is 0 Å². The van der Waals surface area contributed by atoms with Crippen LogP contribution in [0.1, 0.15) is 19.8 Å². The van der Waals surface area contributed by atoms with Gasteiger partial charge in [-0.2, -0.15) is 12.7 Å². The monoisotopic (exact) mass is 228 g/mol. The highest BCUT2D eigenvalue weighted by atomic mass is 35.5. The lowest BCUT2D eigenvalue weighted by Crippen LogP contribution is -2.38. The summed E-state index contributed by atoms with van der Waals surface area (Å²) in [5, 5.41) is -0.125. The molecule has 0 saturated carbocycles. The molecule has 6 heteroatoms. The van der Waals surface area contributed by atoms with Crippen molar-refractivity contribution in [3.05, 3.63) is 0 Å². The Hall–Kier alpha value is 0.160. The summed E-state index contributed by atoms with van der Waals surface area (Å²) in [6.45, 7) is 2.30. The van der Waals surface area contributed by atoms with Crippen LogP contribution in [0, 0.1) is 0 Å². The zero-order chi connectivity index (χ0) is 10.5. The number of halogens is 1. The lowest BCUT2D eigenvalue weighted by molar-refractivity contribution is 0.503. The quantitative estimate of drug-likeness (QED) is 0.684. The minimum absolute atomic E-state index is 0.125. The van der Waals surface area contributed by atoms with Crippen LogP contribution >= 0.6 is 11.6 Å². The van der Waals surface area contributed by atoms with Gasteiger partial charge in [-0.05, 0) is 6.42 Å². The van der Waals surface area contributed by atoms with E-state index in [-0.39, 0.29) is 11.9 Å². The van der Waals surface area contributed by atoms with Crippen molar-refractivity contribution < 1.29 is 8.42 Å². The topological polar surface area (TPSA) is 49.4 Å². The first-order valence-electron chi connectivity index (χ1n) is 4.21. The van der Waals surface area contributed by atoms with Gasteiger partial charge in [0.25, 0.3) is 10.2 Å². The number of rotatable bonds is 6. The summed E-state index contributed by atoms with van der Waals surface area (Å²) in [6, 6.07) is 0. The molecule has 0 aromatic carbocycles. The van der Waals surface area contributed by atoms with E-state index in [4.69, 9.17) is 11.6 Å². The van der Waals surface area contributed by atoms with E-state index in [1.807, 2.05) is 6.92 Å². The Morgan fingerprint density at radius 1 is 1.46 bits per heavy atom. The predicted molar refractivity (Wildman–Crippen MR) is 55.2 cm³/mol. The predicted octanol–water partition coefficient (Wildman–Crippen LogP) is 0.790. The molecule has 0 aliphatic carbocycles. The summed E-state index contributed by atoms with van der Waals surface area (Å²) >= 11 is 5.85. The molecule has 80 valence electrons. The van der Waals surface area contributed by atoms with Gasteiger partial charge in [0.1, 0.15) is 0 Å². The second-order valence-electron chi connectivity index (χ2n) is 3.02. The van der Waals surface area contributed by atoms with Gasteiger partial charge in [-0.1, -0.05) is 13.3 Å². The Morgan fingerprint density at radius 2 is 2.00 bits per heavy atom. The Bertz CT molecular complexity index is 229. The molecule has 0 bridgehead atoms. The van der Waals surface area contributed by atoms with E-state index in [1.54, 1.807) is 0 Å². The van der Waals surface area contributed by atoms with Gasteiger partial charge < -0.3 is 0 Å². The lowest BCUT2D eigenvalue weighted by Gasteiger charge is -2.14. The van der Waals surface area contributed by atoms with Crippen molar-refractivity contribution in [1.29, 1.82) is 0 Å². The van der Waals surface area contributed by atoms with E-state index >= 15 is 0 Å². The van der Waals surface area contributed by atoms with Crippen LogP contribution in [0.3, 0.4) is 0 Å².